The molecular weight excluding hydrogens is 480 g/mol. The van der Waals surface area contributed by atoms with Gasteiger partial charge >= 0.3 is 6.16 Å². The molecule has 9 heteroatoms. The highest BCUT2D eigenvalue weighted by Crippen LogP contribution is 2.27. The number of hydrogen-bond donors (Lipinski definition) is 2. The van der Waals surface area contributed by atoms with Crippen molar-refractivity contribution in [2.45, 2.75) is 6.42 Å². The van der Waals surface area contributed by atoms with E-state index in [-0.39, 0.29) is 42.7 Å². The quantitative estimate of drug-likeness (QED) is 0.178. The Bertz CT molecular complexity index is 1060. The minimum atomic E-state index is -0.695. The Kier molecular flexibility index (Phi) is 13.7. The molecular formula is C28H30O9. The SMILES string of the molecule is C=CCOC(=O)OCC=C.COc1cc(/C=C/C(=O)CC(=O)/C=C/c2ccc(O)c(OC)c2)ccc1O. The third-order valence-electron chi connectivity index (χ3n) is 4.32. The number of hydrogen-bond acceptors (Lipinski definition) is 9. The summed E-state index contributed by atoms with van der Waals surface area (Å²) in [6.07, 6.45) is 7.68. The lowest BCUT2D eigenvalue weighted by molar-refractivity contribution is -0.121. The number of aromatic hydroxyl groups is 2. The molecule has 196 valence electrons. The van der Waals surface area contributed by atoms with Crippen LogP contribution in [0.5, 0.6) is 23.0 Å². The van der Waals surface area contributed by atoms with Crippen molar-refractivity contribution in [2.75, 3.05) is 27.4 Å². The number of phenolic OH excluding ortho intramolecular Hbond substituents is 2. The average Bonchev–Trinajstić information content (AvgIpc) is 2.90. The summed E-state index contributed by atoms with van der Waals surface area (Å²) in [7, 11) is 2.87. The molecule has 0 aliphatic carbocycles. The van der Waals surface area contributed by atoms with E-state index in [1.165, 1.54) is 50.7 Å². The fourth-order valence-corrected chi connectivity index (χ4v) is 2.56. The van der Waals surface area contributed by atoms with Gasteiger partial charge in [0.1, 0.15) is 13.2 Å². The number of ketones is 2. The Balaban J connectivity index is 0.000000580. The van der Waals surface area contributed by atoms with Crippen LogP contribution in [-0.4, -0.2) is 55.4 Å². The van der Waals surface area contributed by atoms with Gasteiger partial charge in [-0.25, -0.2) is 4.79 Å². The van der Waals surface area contributed by atoms with Crippen LogP contribution in [0.25, 0.3) is 12.2 Å². The maximum Gasteiger partial charge on any atom is 0.508 e. The second kappa shape index (κ2) is 16.8. The van der Waals surface area contributed by atoms with Crippen molar-refractivity contribution in [1.29, 1.82) is 0 Å². The molecule has 0 aliphatic rings. The third-order valence-corrected chi connectivity index (χ3v) is 4.32. The van der Waals surface area contributed by atoms with Gasteiger partial charge in [-0.2, -0.15) is 0 Å². The van der Waals surface area contributed by atoms with Crippen molar-refractivity contribution in [2.24, 2.45) is 0 Å². The number of carbonyl (C=O) groups is 3. The zero-order valence-corrected chi connectivity index (χ0v) is 20.7. The number of rotatable bonds is 12. The smallest absolute Gasteiger partial charge is 0.504 e. The maximum absolute atomic E-state index is 11.9. The molecule has 2 N–H and O–H groups in total. The van der Waals surface area contributed by atoms with Crippen LogP contribution in [0.2, 0.25) is 0 Å². The van der Waals surface area contributed by atoms with E-state index in [0.29, 0.717) is 22.6 Å². The Morgan fingerprint density at radius 3 is 1.51 bits per heavy atom. The van der Waals surface area contributed by atoms with Crippen LogP contribution in [0.3, 0.4) is 0 Å². The third kappa shape index (κ3) is 11.9. The van der Waals surface area contributed by atoms with Gasteiger partial charge < -0.3 is 29.2 Å². The molecule has 0 aromatic heterocycles. The van der Waals surface area contributed by atoms with E-state index >= 15 is 0 Å². The van der Waals surface area contributed by atoms with Crippen LogP contribution >= 0.6 is 0 Å². The van der Waals surface area contributed by atoms with Crippen LogP contribution in [0, 0.1) is 0 Å². The molecule has 2 aromatic carbocycles. The lowest BCUT2D eigenvalue weighted by atomic mass is 10.1. The van der Waals surface area contributed by atoms with E-state index in [4.69, 9.17) is 9.47 Å². The number of ether oxygens (including phenoxy) is 4. The topological polar surface area (TPSA) is 129 Å². The van der Waals surface area contributed by atoms with Gasteiger partial charge in [-0.3, -0.25) is 9.59 Å². The molecule has 0 heterocycles. The first kappa shape index (κ1) is 30.2. The molecule has 0 spiro atoms. The predicted molar refractivity (Wildman–Crippen MR) is 140 cm³/mol. The number of allylic oxidation sites excluding steroid dienone is 2. The molecule has 0 saturated carbocycles. The Labute approximate surface area is 215 Å². The zero-order chi connectivity index (χ0) is 27.6. The van der Waals surface area contributed by atoms with Gasteiger partial charge in [0.25, 0.3) is 0 Å². The molecule has 0 fully saturated rings. The molecule has 0 bridgehead atoms. The molecule has 0 amide bonds. The highest BCUT2D eigenvalue weighted by atomic mass is 16.7. The monoisotopic (exact) mass is 510 g/mol. The highest BCUT2D eigenvalue weighted by molar-refractivity contribution is 6.10. The minimum Gasteiger partial charge on any atom is -0.504 e. The number of phenols is 2. The molecule has 0 radical (unpaired) electrons. The van der Waals surface area contributed by atoms with Gasteiger partial charge in [-0.15, -0.1) is 0 Å². The van der Waals surface area contributed by atoms with Crippen molar-refractivity contribution in [3.63, 3.8) is 0 Å². The fourth-order valence-electron chi connectivity index (χ4n) is 2.56. The van der Waals surface area contributed by atoms with Crippen LogP contribution in [0.1, 0.15) is 17.5 Å². The van der Waals surface area contributed by atoms with Crippen molar-refractivity contribution in [1.82, 2.24) is 0 Å². The van der Waals surface area contributed by atoms with Gasteiger partial charge in [-0.05, 0) is 47.5 Å². The molecule has 9 nitrogen and oxygen atoms in total. The van der Waals surface area contributed by atoms with Crippen molar-refractivity contribution >= 4 is 29.9 Å². The summed E-state index contributed by atoms with van der Waals surface area (Å²) in [5.74, 6) is -0.0832. The van der Waals surface area contributed by atoms with Gasteiger partial charge in [0, 0.05) is 0 Å². The molecule has 2 rings (SSSR count). The normalized spacial score (nSPS) is 10.2. The van der Waals surface area contributed by atoms with Crippen molar-refractivity contribution < 1.29 is 43.5 Å². The summed E-state index contributed by atoms with van der Waals surface area (Å²) >= 11 is 0. The molecule has 0 saturated heterocycles. The van der Waals surface area contributed by atoms with Crippen LogP contribution in [-0.2, 0) is 19.1 Å². The second-order valence-corrected chi connectivity index (χ2v) is 7.09. The highest BCUT2D eigenvalue weighted by Gasteiger charge is 2.06. The van der Waals surface area contributed by atoms with Gasteiger partial charge in [0.05, 0.1) is 20.6 Å². The fraction of sp³-hybridized carbons (Fsp3) is 0.179. The lowest BCUT2D eigenvalue weighted by Gasteiger charge is -2.03. The summed E-state index contributed by atoms with van der Waals surface area (Å²) < 4.78 is 18.9. The van der Waals surface area contributed by atoms with E-state index in [9.17, 15) is 24.6 Å². The van der Waals surface area contributed by atoms with Gasteiger partial charge in [0.15, 0.2) is 34.6 Å². The average molecular weight is 511 g/mol. The first-order chi connectivity index (χ1) is 17.7. The van der Waals surface area contributed by atoms with E-state index in [1.54, 1.807) is 36.4 Å². The molecule has 0 atom stereocenters. The summed E-state index contributed by atoms with van der Waals surface area (Å²) in [6.45, 7) is 7.07. The van der Waals surface area contributed by atoms with Crippen LogP contribution in [0.15, 0.2) is 73.9 Å². The van der Waals surface area contributed by atoms with Gasteiger partial charge in [0.2, 0.25) is 0 Å². The second-order valence-electron chi connectivity index (χ2n) is 7.09. The Morgan fingerprint density at radius 1 is 0.757 bits per heavy atom. The number of benzene rings is 2. The summed E-state index contributed by atoms with van der Waals surface area (Å²) in [5.41, 5.74) is 1.33. The largest absolute Gasteiger partial charge is 0.508 e. The predicted octanol–water partition coefficient (Wildman–Crippen LogP) is 4.88. The van der Waals surface area contributed by atoms with E-state index in [2.05, 4.69) is 22.6 Å². The Hall–Kier alpha value is -4.79. The molecule has 0 aliphatic heterocycles. The van der Waals surface area contributed by atoms with Crippen molar-refractivity contribution in [3.8, 4) is 23.0 Å². The van der Waals surface area contributed by atoms with E-state index in [0.717, 1.165) is 0 Å². The molecule has 37 heavy (non-hydrogen) atoms. The number of carbonyl (C=O) groups excluding carboxylic acids is 3. The first-order valence-electron chi connectivity index (χ1n) is 10.9. The maximum atomic E-state index is 11.9. The molecule has 2 aromatic rings. The first-order valence-corrected chi connectivity index (χ1v) is 10.9. The van der Waals surface area contributed by atoms with Gasteiger partial charge in [-0.1, -0.05) is 49.6 Å². The lowest BCUT2D eigenvalue weighted by Crippen LogP contribution is -2.06. The molecule has 0 unspecified atom stereocenters. The van der Waals surface area contributed by atoms with Crippen LogP contribution in [0.4, 0.5) is 4.79 Å². The van der Waals surface area contributed by atoms with Crippen molar-refractivity contribution in [3.05, 3.63) is 85.0 Å². The van der Waals surface area contributed by atoms with Crippen LogP contribution < -0.4 is 9.47 Å². The minimum absolute atomic E-state index is 0.00662. The summed E-state index contributed by atoms with van der Waals surface area (Å²) in [4.78, 5) is 34.3. The summed E-state index contributed by atoms with van der Waals surface area (Å²) in [6, 6.07) is 9.34. The standard InChI is InChI=1S/C21H20O6.C7H10O3/c1-26-20-11-14(5-9-18(20)24)3-7-16(22)13-17(23)8-4-15-6-10-19(25)21(12-15)27-2;1-3-5-9-7(8)10-6-4-2/h3-12,24-25H,13H2,1-2H3;3-4H,1-2,5-6H2/b7-3+,8-4+;. The zero-order valence-electron chi connectivity index (χ0n) is 20.7. The van der Waals surface area contributed by atoms with E-state index in [1.807, 2.05) is 0 Å². The van der Waals surface area contributed by atoms with E-state index < -0.39 is 6.16 Å². The summed E-state index contributed by atoms with van der Waals surface area (Å²) in [5, 5.41) is 19.1. The Morgan fingerprint density at radius 2 is 1.16 bits per heavy atom. The number of methoxy groups -OCH3 is 2.